The SMILES string of the molecule is CCCCNCCNCCNCCN=C([O-])/C=C/C(=O)O.[Na+]. The second-order valence-electron chi connectivity index (χ2n) is 4.50. The van der Waals surface area contributed by atoms with E-state index < -0.39 is 11.9 Å². The first kappa shape index (κ1) is 23.8. The van der Waals surface area contributed by atoms with Crippen molar-refractivity contribution >= 4 is 11.9 Å². The standard InChI is InChI=1S/C14H28N4O3.Na/c1-2-3-6-15-7-8-16-9-10-17-11-12-18-13(19)4-5-14(20)21;/h4-5,15-17H,2-3,6-12H2,1H3,(H,18,19)(H,20,21);/q;+1/p-1/b5-4+;. The van der Waals surface area contributed by atoms with Crippen molar-refractivity contribution in [3.8, 4) is 0 Å². The van der Waals surface area contributed by atoms with Crippen molar-refractivity contribution < 1.29 is 44.6 Å². The largest absolute Gasteiger partial charge is 1.00 e. The van der Waals surface area contributed by atoms with Crippen LogP contribution in [0.1, 0.15) is 19.8 Å². The van der Waals surface area contributed by atoms with Gasteiger partial charge in [-0.3, -0.25) is 4.99 Å². The molecule has 0 bridgehead atoms. The monoisotopic (exact) mass is 322 g/mol. The van der Waals surface area contributed by atoms with E-state index in [1.165, 1.54) is 12.8 Å². The molecule has 0 aromatic carbocycles. The van der Waals surface area contributed by atoms with Crippen molar-refractivity contribution in [2.24, 2.45) is 4.99 Å². The van der Waals surface area contributed by atoms with Gasteiger partial charge in [0.15, 0.2) is 0 Å². The minimum absolute atomic E-state index is 0. The molecule has 0 saturated carbocycles. The number of rotatable bonds is 14. The van der Waals surface area contributed by atoms with Crippen LogP contribution < -0.4 is 50.6 Å². The summed E-state index contributed by atoms with van der Waals surface area (Å²) in [5.74, 6) is -1.66. The van der Waals surface area contributed by atoms with Gasteiger partial charge >= 0.3 is 35.5 Å². The number of aliphatic imine (C=N–C) groups is 1. The molecule has 0 unspecified atom stereocenters. The van der Waals surface area contributed by atoms with Crippen LogP contribution >= 0.6 is 0 Å². The van der Waals surface area contributed by atoms with Gasteiger partial charge in [-0.1, -0.05) is 13.3 Å². The maximum atomic E-state index is 11.1. The number of nitrogens with zero attached hydrogens (tertiary/aromatic N) is 1. The smallest absolute Gasteiger partial charge is 0.859 e. The molecule has 0 aliphatic heterocycles. The Labute approximate surface area is 155 Å². The Kier molecular flexibility index (Phi) is 20.1. The normalized spacial score (nSPS) is 11.6. The predicted molar refractivity (Wildman–Crippen MR) is 82.6 cm³/mol. The number of hydrogen-bond donors (Lipinski definition) is 4. The van der Waals surface area contributed by atoms with Gasteiger partial charge in [-0.2, -0.15) is 0 Å². The summed E-state index contributed by atoms with van der Waals surface area (Å²) in [5.41, 5.74) is 0. The molecule has 0 atom stereocenters. The van der Waals surface area contributed by atoms with Crippen LogP contribution in [0.25, 0.3) is 0 Å². The van der Waals surface area contributed by atoms with Crippen molar-refractivity contribution in [1.82, 2.24) is 16.0 Å². The number of carboxylic acid groups (broad SMARTS) is 1. The topological polar surface area (TPSA) is 109 Å². The van der Waals surface area contributed by atoms with E-state index in [1.54, 1.807) is 0 Å². The number of carboxylic acids is 1. The van der Waals surface area contributed by atoms with E-state index in [9.17, 15) is 9.90 Å². The number of aliphatic carboxylic acids is 1. The van der Waals surface area contributed by atoms with Crippen LogP contribution in [0.15, 0.2) is 17.1 Å². The number of hydrogen-bond acceptors (Lipinski definition) is 6. The predicted octanol–water partition coefficient (Wildman–Crippen LogP) is -4.04. The fraction of sp³-hybridized carbons (Fsp3) is 0.714. The molecule has 0 aromatic heterocycles. The van der Waals surface area contributed by atoms with Crippen LogP contribution in [0.4, 0.5) is 0 Å². The summed E-state index contributed by atoms with van der Waals surface area (Å²) in [7, 11) is 0. The third kappa shape index (κ3) is 19.6. The molecule has 122 valence electrons. The Hall–Kier alpha value is -0.440. The summed E-state index contributed by atoms with van der Waals surface area (Å²) in [5, 5.41) is 29.2. The molecule has 7 nitrogen and oxygen atoms in total. The molecule has 0 aliphatic rings. The van der Waals surface area contributed by atoms with Gasteiger partial charge in [0, 0.05) is 38.8 Å². The Bertz CT molecular complexity index is 325. The van der Waals surface area contributed by atoms with E-state index >= 15 is 0 Å². The van der Waals surface area contributed by atoms with Crippen LogP contribution in [0.2, 0.25) is 0 Å². The van der Waals surface area contributed by atoms with E-state index in [0.717, 1.165) is 44.9 Å². The van der Waals surface area contributed by atoms with Crippen LogP contribution in [-0.2, 0) is 4.79 Å². The van der Waals surface area contributed by atoms with Crippen LogP contribution in [0.5, 0.6) is 0 Å². The molecule has 0 fully saturated rings. The molecule has 0 aromatic rings. The molecule has 8 heteroatoms. The molecule has 4 N–H and O–H groups in total. The zero-order chi connectivity index (χ0) is 15.8. The summed E-state index contributed by atoms with van der Waals surface area (Å²) in [6.07, 6.45) is 4.17. The fourth-order valence-electron chi connectivity index (χ4n) is 1.47. The zero-order valence-corrected chi connectivity index (χ0v) is 15.7. The second kappa shape index (κ2) is 18.6. The summed E-state index contributed by atoms with van der Waals surface area (Å²) < 4.78 is 0. The van der Waals surface area contributed by atoms with Crippen molar-refractivity contribution in [1.29, 1.82) is 0 Å². The van der Waals surface area contributed by atoms with Crippen LogP contribution in [0.3, 0.4) is 0 Å². The molecule has 22 heavy (non-hydrogen) atoms. The van der Waals surface area contributed by atoms with E-state index in [-0.39, 0.29) is 29.6 Å². The quantitative estimate of drug-likeness (QED) is 0.0852. The van der Waals surface area contributed by atoms with Gasteiger partial charge in [0.2, 0.25) is 0 Å². The minimum Gasteiger partial charge on any atom is -0.859 e. The Morgan fingerprint density at radius 2 is 1.59 bits per heavy atom. The summed E-state index contributed by atoms with van der Waals surface area (Å²) in [6, 6.07) is 0. The molecular formula is C14H27N4NaO3. The molecular weight excluding hydrogens is 295 g/mol. The third-order valence-electron chi connectivity index (χ3n) is 2.59. The Morgan fingerprint density at radius 1 is 1.05 bits per heavy atom. The number of unbranched alkanes of at least 4 members (excludes halogenated alkanes) is 1. The minimum atomic E-state index is -1.15. The average molecular weight is 322 g/mol. The maximum absolute atomic E-state index is 11.1. The van der Waals surface area contributed by atoms with Crippen LogP contribution in [-0.4, -0.2) is 62.8 Å². The molecule has 0 rings (SSSR count). The van der Waals surface area contributed by atoms with Crippen molar-refractivity contribution in [3.05, 3.63) is 12.2 Å². The van der Waals surface area contributed by atoms with E-state index in [1.807, 2.05) is 0 Å². The van der Waals surface area contributed by atoms with E-state index in [4.69, 9.17) is 5.11 Å². The number of nitrogens with one attached hydrogen (secondary N) is 3. The molecule has 0 amide bonds. The summed E-state index contributed by atoms with van der Waals surface area (Å²) in [4.78, 5) is 13.9. The molecule has 0 heterocycles. The maximum Gasteiger partial charge on any atom is 1.00 e. The third-order valence-corrected chi connectivity index (χ3v) is 2.59. The van der Waals surface area contributed by atoms with Gasteiger partial charge in [-0.25, -0.2) is 4.79 Å². The first-order chi connectivity index (χ1) is 10.2. The first-order valence-corrected chi connectivity index (χ1v) is 7.41. The van der Waals surface area contributed by atoms with Gasteiger partial charge in [-0.05, 0) is 24.9 Å². The molecule has 0 aliphatic carbocycles. The molecule has 0 spiro atoms. The zero-order valence-electron chi connectivity index (χ0n) is 13.7. The second-order valence-corrected chi connectivity index (χ2v) is 4.50. The summed E-state index contributed by atoms with van der Waals surface area (Å²) >= 11 is 0. The Morgan fingerprint density at radius 3 is 2.14 bits per heavy atom. The van der Waals surface area contributed by atoms with Crippen molar-refractivity contribution in [2.75, 3.05) is 45.8 Å². The molecule has 0 radical (unpaired) electrons. The van der Waals surface area contributed by atoms with Gasteiger partial charge in [-0.15, -0.1) is 0 Å². The average Bonchev–Trinajstić information content (AvgIpc) is 2.46. The first-order valence-electron chi connectivity index (χ1n) is 7.41. The van der Waals surface area contributed by atoms with Gasteiger partial charge < -0.3 is 26.2 Å². The van der Waals surface area contributed by atoms with Crippen molar-refractivity contribution in [3.63, 3.8) is 0 Å². The summed E-state index contributed by atoms with van der Waals surface area (Å²) in [6.45, 7) is 7.78. The fourth-order valence-corrected chi connectivity index (χ4v) is 1.47. The molecule has 0 saturated heterocycles. The number of carbonyl (C=O) groups is 1. The Balaban J connectivity index is 0. The van der Waals surface area contributed by atoms with E-state index in [0.29, 0.717) is 13.1 Å². The van der Waals surface area contributed by atoms with Gasteiger partial charge in [0.05, 0.1) is 6.54 Å². The van der Waals surface area contributed by atoms with Crippen molar-refractivity contribution in [2.45, 2.75) is 19.8 Å². The van der Waals surface area contributed by atoms with Gasteiger partial charge in [0.1, 0.15) is 0 Å². The van der Waals surface area contributed by atoms with E-state index in [2.05, 4.69) is 27.9 Å². The van der Waals surface area contributed by atoms with Gasteiger partial charge in [0.25, 0.3) is 0 Å². The van der Waals surface area contributed by atoms with Crippen LogP contribution in [0, 0.1) is 0 Å².